The number of benzene rings is 2. The van der Waals surface area contributed by atoms with Gasteiger partial charge in [0.25, 0.3) is 5.91 Å². The van der Waals surface area contributed by atoms with Crippen LogP contribution >= 0.6 is 0 Å². The highest BCUT2D eigenvalue weighted by molar-refractivity contribution is 6.10. The van der Waals surface area contributed by atoms with Gasteiger partial charge in [-0.15, -0.1) is 0 Å². The largest absolute Gasteiger partial charge is 0.378 e. The molecule has 2 heterocycles. The van der Waals surface area contributed by atoms with E-state index >= 15 is 0 Å². The summed E-state index contributed by atoms with van der Waals surface area (Å²) in [5.74, 6) is 0.0226. The molecule has 5 heteroatoms. The van der Waals surface area contributed by atoms with Gasteiger partial charge in [0, 0.05) is 34.9 Å². The molecule has 1 N–H and O–H groups in total. The number of ether oxygens (including phenoxy) is 1. The second-order valence-electron chi connectivity index (χ2n) is 5.63. The van der Waals surface area contributed by atoms with Crippen LogP contribution in [0.1, 0.15) is 15.9 Å². The number of para-hydroxylation sites is 1. The molecule has 0 aliphatic carbocycles. The molecule has 5 nitrogen and oxygen atoms in total. The standard InChI is InChI=1S/C18H15N3O2/c19-11-13-2-1-3-15-14-5-4-12(10-16(14)20-17(13)15)18(22)21-6-8-23-9-7-21/h1-5,10,20H,6-9H2. The Kier molecular flexibility index (Phi) is 3.25. The molecule has 1 aliphatic heterocycles. The van der Waals surface area contributed by atoms with Gasteiger partial charge in [0.05, 0.1) is 24.3 Å². The molecule has 0 spiro atoms. The van der Waals surface area contributed by atoms with Gasteiger partial charge < -0.3 is 14.6 Å². The topological polar surface area (TPSA) is 69.1 Å². The fraction of sp³-hybridized carbons (Fsp3) is 0.222. The van der Waals surface area contributed by atoms with Crippen LogP contribution in [0.25, 0.3) is 21.8 Å². The maximum absolute atomic E-state index is 12.6. The van der Waals surface area contributed by atoms with Gasteiger partial charge in [-0.25, -0.2) is 0 Å². The van der Waals surface area contributed by atoms with Crippen LogP contribution in [-0.2, 0) is 4.74 Å². The summed E-state index contributed by atoms with van der Waals surface area (Å²) in [6.45, 7) is 2.43. The van der Waals surface area contributed by atoms with Crippen molar-refractivity contribution in [3.8, 4) is 6.07 Å². The van der Waals surface area contributed by atoms with E-state index in [4.69, 9.17) is 4.74 Å². The first-order chi connectivity index (χ1) is 11.3. The Hall–Kier alpha value is -2.84. The molecule has 2 aromatic carbocycles. The number of H-pyrrole nitrogens is 1. The average molecular weight is 305 g/mol. The Morgan fingerprint density at radius 2 is 2.00 bits per heavy atom. The van der Waals surface area contributed by atoms with E-state index in [2.05, 4.69) is 11.1 Å². The van der Waals surface area contributed by atoms with Crippen molar-refractivity contribution < 1.29 is 9.53 Å². The molecule has 1 fully saturated rings. The normalized spacial score (nSPS) is 15.0. The molecule has 0 atom stereocenters. The van der Waals surface area contributed by atoms with E-state index in [-0.39, 0.29) is 5.91 Å². The van der Waals surface area contributed by atoms with Gasteiger partial charge in [0.15, 0.2) is 0 Å². The highest BCUT2D eigenvalue weighted by atomic mass is 16.5. The summed E-state index contributed by atoms with van der Waals surface area (Å²) < 4.78 is 5.29. The summed E-state index contributed by atoms with van der Waals surface area (Å²) in [6, 6.07) is 13.5. The lowest BCUT2D eigenvalue weighted by Gasteiger charge is -2.26. The number of hydrogen-bond acceptors (Lipinski definition) is 3. The van der Waals surface area contributed by atoms with Crippen LogP contribution < -0.4 is 0 Å². The molecule has 0 saturated carbocycles. The lowest BCUT2D eigenvalue weighted by molar-refractivity contribution is 0.0303. The Balaban J connectivity index is 1.80. The monoisotopic (exact) mass is 305 g/mol. The summed E-state index contributed by atoms with van der Waals surface area (Å²) in [5, 5.41) is 11.3. The quantitative estimate of drug-likeness (QED) is 0.751. The fourth-order valence-electron chi connectivity index (χ4n) is 3.10. The minimum Gasteiger partial charge on any atom is -0.378 e. The van der Waals surface area contributed by atoms with Gasteiger partial charge in [0.2, 0.25) is 0 Å². The second-order valence-corrected chi connectivity index (χ2v) is 5.63. The van der Waals surface area contributed by atoms with E-state index in [0.717, 1.165) is 21.8 Å². The maximum Gasteiger partial charge on any atom is 0.254 e. The number of aromatic amines is 1. The van der Waals surface area contributed by atoms with Gasteiger partial charge >= 0.3 is 0 Å². The molecule has 1 aliphatic rings. The average Bonchev–Trinajstić information content (AvgIpc) is 2.99. The number of amides is 1. The summed E-state index contributed by atoms with van der Waals surface area (Å²) in [7, 11) is 0. The van der Waals surface area contributed by atoms with Crippen molar-refractivity contribution in [1.29, 1.82) is 5.26 Å². The van der Waals surface area contributed by atoms with Crippen molar-refractivity contribution in [1.82, 2.24) is 9.88 Å². The molecular weight excluding hydrogens is 290 g/mol. The van der Waals surface area contributed by atoms with Crippen molar-refractivity contribution >= 4 is 27.7 Å². The predicted octanol–water partition coefficient (Wildman–Crippen LogP) is 2.67. The van der Waals surface area contributed by atoms with E-state index in [1.165, 1.54) is 0 Å². The zero-order valence-corrected chi connectivity index (χ0v) is 12.5. The Labute approximate surface area is 133 Å². The molecule has 0 bridgehead atoms. The predicted molar refractivity (Wildman–Crippen MR) is 87.2 cm³/mol. The zero-order valence-electron chi connectivity index (χ0n) is 12.5. The van der Waals surface area contributed by atoms with Crippen LogP contribution in [-0.4, -0.2) is 42.1 Å². The second kappa shape index (κ2) is 5.41. The van der Waals surface area contributed by atoms with Crippen molar-refractivity contribution in [3.05, 3.63) is 47.5 Å². The van der Waals surface area contributed by atoms with Crippen molar-refractivity contribution in [2.45, 2.75) is 0 Å². The third-order valence-corrected chi connectivity index (χ3v) is 4.30. The van der Waals surface area contributed by atoms with Crippen LogP contribution in [0.5, 0.6) is 0 Å². The molecule has 1 amide bonds. The Bertz CT molecular complexity index is 946. The van der Waals surface area contributed by atoms with Crippen molar-refractivity contribution in [2.24, 2.45) is 0 Å². The Morgan fingerprint density at radius 1 is 1.17 bits per heavy atom. The molecule has 1 saturated heterocycles. The third kappa shape index (κ3) is 2.24. The summed E-state index contributed by atoms with van der Waals surface area (Å²) in [5.41, 5.74) is 2.96. The smallest absolute Gasteiger partial charge is 0.254 e. The molecule has 0 unspecified atom stereocenters. The first kappa shape index (κ1) is 13.8. The number of rotatable bonds is 1. The van der Waals surface area contributed by atoms with Crippen LogP contribution in [0.15, 0.2) is 36.4 Å². The SMILES string of the molecule is N#Cc1cccc2c1[nH]c1cc(C(=O)N3CCOCC3)ccc12. The lowest BCUT2D eigenvalue weighted by Crippen LogP contribution is -2.40. The van der Waals surface area contributed by atoms with Gasteiger partial charge in [0.1, 0.15) is 6.07 Å². The number of hydrogen-bond donors (Lipinski definition) is 1. The first-order valence-corrected chi connectivity index (χ1v) is 7.59. The highest BCUT2D eigenvalue weighted by Crippen LogP contribution is 2.28. The number of carbonyl (C=O) groups excluding carboxylic acids is 1. The lowest BCUT2D eigenvalue weighted by atomic mass is 10.1. The maximum atomic E-state index is 12.6. The van der Waals surface area contributed by atoms with Crippen LogP contribution in [0.4, 0.5) is 0 Å². The molecule has 0 radical (unpaired) electrons. The molecule has 114 valence electrons. The number of aromatic nitrogens is 1. The van der Waals surface area contributed by atoms with Crippen LogP contribution in [0, 0.1) is 11.3 Å². The van der Waals surface area contributed by atoms with Gasteiger partial charge in [-0.05, 0) is 18.2 Å². The Morgan fingerprint density at radius 3 is 2.78 bits per heavy atom. The summed E-state index contributed by atoms with van der Waals surface area (Å²) >= 11 is 0. The fourth-order valence-corrected chi connectivity index (χ4v) is 3.10. The van der Waals surface area contributed by atoms with Gasteiger partial charge in [-0.2, -0.15) is 5.26 Å². The summed E-state index contributed by atoms with van der Waals surface area (Å²) in [4.78, 5) is 17.7. The van der Waals surface area contributed by atoms with Crippen LogP contribution in [0.2, 0.25) is 0 Å². The van der Waals surface area contributed by atoms with E-state index in [1.807, 2.05) is 35.2 Å². The zero-order chi connectivity index (χ0) is 15.8. The molecular formula is C18H15N3O2. The molecule has 3 aromatic rings. The van der Waals surface area contributed by atoms with Crippen LogP contribution in [0.3, 0.4) is 0 Å². The molecule has 23 heavy (non-hydrogen) atoms. The van der Waals surface area contributed by atoms with Gasteiger partial charge in [-0.1, -0.05) is 18.2 Å². The van der Waals surface area contributed by atoms with Crippen molar-refractivity contribution in [2.75, 3.05) is 26.3 Å². The number of nitriles is 1. The number of morpholine rings is 1. The van der Waals surface area contributed by atoms with E-state index in [1.54, 1.807) is 6.07 Å². The number of fused-ring (bicyclic) bond motifs is 3. The minimum absolute atomic E-state index is 0.0226. The molecule has 4 rings (SSSR count). The van der Waals surface area contributed by atoms with E-state index < -0.39 is 0 Å². The molecule has 1 aromatic heterocycles. The highest BCUT2D eigenvalue weighted by Gasteiger charge is 2.19. The number of nitrogens with one attached hydrogen (secondary N) is 1. The van der Waals surface area contributed by atoms with E-state index in [9.17, 15) is 10.1 Å². The number of carbonyl (C=O) groups is 1. The third-order valence-electron chi connectivity index (χ3n) is 4.30. The van der Waals surface area contributed by atoms with Crippen molar-refractivity contribution in [3.63, 3.8) is 0 Å². The van der Waals surface area contributed by atoms with E-state index in [0.29, 0.717) is 37.4 Å². The van der Waals surface area contributed by atoms with Gasteiger partial charge in [-0.3, -0.25) is 4.79 Å². The number of nitrogens with zero attached hydrogens (tertiary/aromatic N) is 2. The first-order valence-electron chi connectivity index (χ1n) is 7.59. The summed E-state index contributed by atoms with van der Waals surface area (Å²) in [6.07, 6.45) is 0. The minimum atomic E-state index is 0.0226.